The van der Waals surface area contributed by atoms with Gasteiger partial charge in [0.05, 0.1) is 6.04 Å². The Kier molecular flexibility index (Phi) is 6.03. The number of aryl methyl sites for hydroxylation is 1. The molecule has 1 aromatic heterocycles. The lowest BCUT2D eigenvalue weighted by molar-refractivity contribution is 0.0931. The summed E-state index contributed by atoms with van der Waals surface area (Å²) >= 11 is 0. The number of imidazole rings is 1. The van der Waals surface area contributed by atoms with Crippen LogP contribution in [0.3, 0.4) is 0 Å². The first-order valence-electron chi connectivity index (χ1n) is 11.4. The lowest BCUT2D eigenvalue weighted by atomic mass is 9.91. The van der Waals surface area contributed by atoms with Gasteiger partial charge in [0.25, 0.3) is 5.91 Å². The number of hydrogen-bond donors (Lipinski definition) is 1. The maximum absolute atomic E-state index is 13.7. The van der Waals surface area contributed by atoms with Crippen LogP contribution in [0, 0.1) is 5.82 Å². The van der Waals surface area contributed by atoms with Crippen molar-refractivity contribution in [2.45, 2.75) is 37.8 Å². The minimum Gasteiger partial charge on any atom is -0.344 e. The molecular formula is C28H26FN3O. The predicted octanol–water partition coefficient (Wildman–Crippen LogP) is 5.47. The van der Waals surface area contributed by atoms with Gasteiger partial charge in [-0.1, -0.05) is 72.8 Å². The van der Waals surface area contributed by atoms with E-state index in [1.807, 2.05) is 65.4 Å². The molecule has 1 N–H and O–H groups in total. The fraction of sp³-hybridized carbons (Fsp3) is 0.214. The summed E-state index contributed by atoms with van der Waals surface area (Å²) in [5.41, 5.74) is 3.64. The normalized spacial score (nSPS) is 16.1. The third-order valence-electron chi connectivity index (χ3n) is 6.34. The Bertz CT molecular complexity index is 1240. The van der Waals surface area contributed by atoms with Crippen molar-refractivity contribution in [2.75, 3.05) is 0 Å². The van der Waals surface area contributed by atoms with Crippen LogP contribution in [-0.2, 0) is 19.4 Å². The Morgan fingerprint density at radius 1 is 1.03 bits per heavy atom. The van der Waals surface area contributed by atoms with Gasteiger partial charge in [0.2, 0.25) is 0 Å². The predicted molar refractivity (Wildman–Crippen MR) is 126 cm³/mol. The maximum Gasteiger partial charge on any atom is 0.271 e. The van der Waals surface area contributed by atoms with Gasteiger partial charge in [-0.3, -0.25) is 4.79 Å². The summed E-state index contributed by atoms with van der Waals surface area (Å²) in [5.74, 6) is 0.735. The SMILES string of the molecule is O=C(NC(Cc1ccccc1)c1ccccc1)c1cn2c(n1)CCC(c1cccc(F)c1)C2. The Morgan fingerprint density at radius 3 is 2.55 bits per heavy atom. The molecular weight excluding hydrogens is 413 g/mol. The van der Waals surface area contributed by atoms with Gasteiger partial charge < -0.3 is 9.88 Å². The topological polar surface area (TPSA) is 46.9 Å². The number of carbonyl (C=O) groups excluding carboxylic acids is 1. The number of nitrogens with zero attached hydrogens (tertiary/aromatic N) is 2. The molecule has 1 aliphatic rings. The lowest BCUT2D eigenvalue weighted by Crippen LogP contribution is -2.30. The number of benzene rings is 3. The van der Waals surface area contributed by atoms with E-state index in [0.29, 0.717) is 18.7 Å². The van der Waals surface area contributed by atoms with Crippen molar-refractivity contribution in [1.82, 2.24) is 14.9 Å². The van der Waals surface area contributed by atoms with E-state index in [0.717, 1.165) is 35.4 Å². The van der Waals surface area contributed by atoms with Gasteiger partial charge in [-0.15, -0.1) is 0 Å². The minimum atomic E-state index is -0.214. The van der Waals surface area contributed by atoms with E-state index in [2.05, 4.69) is 22.4 Å². The van der Waals surface area contributed by atoms with Crippen LogP contribution >= 0.6 is 0 Å². The molecule has 2 atom stereocenters. The minimum absolute atomic E-state index is 0.153. The molecule has 5 heteroatoms. The molecule has 0 saturated carbocycles. The van der Waals surface area contributed by atoms with Crippen LogP contribution in [0.15, 0.2) is 91.1 Å². The number of aromatic nitrogens is 2. The van der Waals surface area contributed by atoms with E-state index in [1.54, 1.807) is 12.1 Å². The number of nitrogens with one attached hydrogen (secondary N) is 1. The van der Waals surface area contributed by atoms with E-state index >= 15 is 0 Å². The molecule has 0 fully saturated rings. The first kappa shape index (κ1) is 21.1. The first-order chi connectivity index (χ1) is 16.2. The number of rotatable bonds is 6. The van der Waals surface area contributed by atoms with Crippen LogP contribution in [0.5, 0.6) is 0 Å². The fourth-order valence-electron chi connectivity index (χ4n) is 4.61. The molecule has 0 bridgehead atoms. The Balaban J connectivity index is 1.34. The largest absolute Gasteiger partial charge is 0.344 e. The van der Waals surface area contributed by atoms with Crippen LogP contribution in [0.4, 0.5) is 4.39 Å². The maximum atomic E-state index is 13.7. The monoisotopic (exact) mass is 439 g/mol. The highest BCUT2D eigenvalue weighted by Gasteiger charge is 2.25. The van der Waals surface area contributed by atoms with Crippen molar-refractivity contribution in [3.8, 4) is 0 Å². The van der Waals surface area contributed by atoms with E-state index < -0.39 is 0 Å². The molecule has 166 valence electrons. The molecule has 2 unspecified atom stereocenters. The summed E-state index contributed by atoms with van der Waals surface area (Å²) in [6.45, 7) is 0.700. The van der Waals surface area contributed by atoms with E-state index in [4.69, 9.17) is 0 Å². The number of halogens is 1. The number of hydrogen-bond acceptors (Lipinski definition) is 2. The third-order valence-corrected chi connectivity index (χ3v) is 6.34. The number of fused-ring (bicyclic) bond motifs is 1. The highest BCUT2D eigenvalue weighted by Crippen LogP contribution is 2.29. The summed E-state index contributed by atoms with van der Waals surface area (Å²) in [6.07, 6.45) is 4.19. The Hall–Kier alpha value is -3.73. The first-order valence-corrected chi connectivity index (χ1v) is 11.4. The van der Waals surface area contributed by atoms with Crippen molar-refractivity contribution in [2.24, 2.45) is 0 Å². The van der Waals surface area contributed by atoms with E-state index in [-0.39, 0.29) is 23.7 Å². The quantitative estimate of drug-likeness (QED) is 0.433. The van der Waals surface area contributed by atoms with Gasteiger partial charge in [-0.2, -0.15) is 0 Å². The van der Waals surface area contributed by atoms with Crippen LogP contribution in [0.2, 0.25) is 0 Å². The molecule has 0 aliphatic carbocycles. The molecule has 2 heterocycles. The van der Waals surface area contributed by atoms with Gasteiger partial charge in [0.1, 0.15) is 17.3 Å². The lowest BCUT2D eigenvalue weighted by Gasteiger charge is -2.24. The third kappa shape index (κ3) is 4.87. The summed E-state index contributed by atoms with van der Waals surface area (Å²) in [7, 11) is 0. The number of amides is 1. The summed E-state index contributed by atoms with van der Waals surface area (Å²) in [5, 5.41) is 3.19. The van der Waals surface area contributed by atoms with E-state index in [9.17, 15) is 9.18 Å². The summed E-state index contributed by atoms with van der Waals surface area (Å²) < 4.78 is 15.7. The fourth-order valence-corrected chi connectivity index (χ4v) is 4.61. The summed E-state index contributed by atoms with van der Waals surface area (Å²) in [4.78, 5) is 17.8. The average molecular weight is 440 g/mol. The molecule has 0 saturated heterocycles. The van der Waals surface area contributed by atoms with Crippen LogP contribution in [0.1, 0.15) is 51.4 Å². The average Bonchev–Trinajstić information content (AvgIpc) is 3.28. The summed E-state index contributed by atoms with van der Waals surface area (Å²) in [6, 6.07) is 26.8. The molecule has 1 amide bonds. The van der Waals surface area contributed by atoms with Crippen molar-refractivity contribution in [1.29, 1.82) is 0 Å². The van der Waals surface area contributed by atoms with Crippen molar-refractivity contribution in [3.63, 3.8) is 0 Å². The zero-order valence-electron chi connectivity index (χ0n) is 18.3. The smallest absolute Gasteiger partial charge is 0.271 e. The molecule has 33 heavy (non-hydrogen) atoms. The zero-order valence-corrected chi connectivity index (χ0v) is 18.3. The van der Waals surface area contributed by atoms with Gasteiger partial charge in [0, 0.05) is 25.1 Å². The standard InChI is InChI=1S/C28H26FN3O/c29-24-13-7-12-22(17-24)23-14-15-27-30-26(19-32(27)18-23)28(33)31-25(21-10-5-2-6-11-21)16-20-8-3-1-4-9-20/h1-13,17,19,23,25H,14-16,18H2,(H,31,33). The van der Waals surface area contributed by atoms with Gasteiger partial charge >= 0.3 is 0 Å². The molecule has 0 radical (unpaired) electrons. The second-order valence-electron chi connectivity index (χ2n) is 8.61. The van der Waals surface area contributed by atoms with Gasteiger partial charge in [0.15, 0.2) is 0 Å². The van der Waals surface area contributed by atoms with E-state index in [1.165, 1.54) is 6.07 Å². The van der Waals surface area contributed by atoms with Crippen LogP contribution in [-0.4, -0.2) is 15.5 Å². The Labute approximate surface area is 193 Å². The second-order valence-corrected chi connectivity index (χ2v) is 8.61. The molecule has 1 aliphatic heterocycles. The molecule has 3 aromatic carbocycles. The molecule has 4 nitrogen and oxygen atoms in total. The van der Waals surface area contributed by atoms with Crippen molar-refractivity contribution >= 4 is 5.91 Å². The molecule has 4 aromatic rings. The highest BCUT2D eigenvalue weighted by atomic mass is 19.1. The molecule has 5 rings (SSSR count). The van der Waals surface area contributed by atoms with Gasteiger partial charge in [-0.05, 0) is 41.7 Å². The van der Waals surface area contributed by atoms with Crippen LogP contribution < -0.4 is 5.32 Å². The Morgan fingerprint density at radius 2 is 1.79 bits per heavy atom. The second kappa shape index (κ2) is 9.41. The highest BCUT2D eigenvalue weighted by molar-refractivity contribution is 5.92. The zero-order chi connectivity index (χ0) is 22.6. The number of carbonyl (C=O) groups is 1. The van der Waals surface area contributed by atoms with Gasteiger partial charge in [-0.25, -0.2) is 9.37 Å². The van der Waals surface area contributed by atoms with Crippen molar-refractivity contribution < 1.29 is 9.18 Å². The van der Waals surface area contributed by atoms with Crippen molar-refractivity contribution in [3.05, 3.63) is 125 Å². The molecule has 0 spiro atoms. The van der Waals surface area contributed by atoms with Crippen LogP contribution in [0.25, 0.3) is 0 Å².